The topological polar surface area (TPSA) is 114 Å². The summed E-state index contributed by atoms with van der Waals surface area (Å²) in [5.74, 6) is 1.02. The van der Waals surface area contributed by atoms with Crippen molar-refractivity contribution < 1.29 is 12.9 Å². The normalized spacial score (nSPS) is 11.9. The van der Waals surface area contributed by atoms with Gasteiger partial charge in [0.05, 0.1) is 0 Å². The van der Waals surface area contributed by atoms with E-state index < -0.39 is 10.0 Å². The van der Waals surface area contributed by atoms with E-state index in [2.05, 4.69) is 25.1 Å². The number of rotatable bonds is 6. The molecule has 0 amide bonds. The first kappa shape index (κ1) is 13.7. The highest BCUT2D eigenvalue weighted by Crippen LogP contribution is 2.18. The molecule has 2 aromatic heterocycles. The average Bonchev–Trinajstić information content (AvgIpc) is 2.95. The summed E-state index contributed by atoms with van der Waals surface area (Å²) in [6.45, 7) is 3.48. The van der Waals surface area contributed by atoms with E-state index in [1.54, 1.807) is 13.8 Å². The van der Waals surface area contributed by atoms with Crippen molar-refractivity contribution in [1.29, 1.82) is 0 Å². The van der Waals surface area contributed by atoms with Gasteiger partial charge in [-0.1, -0.05) is 5.16 Å². The number of aromatic nitrogens is 4. The van der Waals surface area contributed by atoms with Gasteiger partial charge in [0, 0.05) is 13.0 Å². The van der Waals surface area contributed by atoms with Crippen molar-refractivity contribution in [3.63, 3.8) is 0 Å². The monoisotopic (exact) mass is 285 g/mol. The Morgan fingerprint density at radius 2 is 2.21 bits per heavy atom. The van der Waals surface area contributed by atoms with Crippen LogP contribution in [-0.4, -0.2) is 35.3 Å². The second-order valence-corrected chi connectivity index (χ2v) is 5.79. The van der Waals surface area contributed by atoms with Gasteiger partial charge < -0.3 is 4.52 Å². The number of aryl methyl sites for hydroxylation is 3. The van der Waals surface area contributed by atoms with Crippen LogP contribution in [0.1, 0.15) is 23.7 Å². The Balaban J connectivity index is 1.92. The molecule has 0 spiro atoms. The number of hydrogen-bond acceptors (Lipinski definition) is 6. The number of nitrogens with one attached hydrogen (secondary N) is 2. The minimum atomic E-state index is -3.57. The molecule has 0 aliphatic rings. The fourth-order valence-corrected chi connectivity index (χ4v) is 3.14. The molecule has 0 atom stereocenters. The summed E-state index contributed by atoms with van der Waals surface area (Å²) in [5, 5.41) is 10.1. The van der Waals surface area contributed by atoms with Gasteiger partial charge in [0.2, 0.25) is 10.0 Å². The first-order chi connectivity index (χ1) is 9.00. The van der Waals surface area contributed by atoms with Crippen molar-refractivity contribution in [1.82, 2.24) is 25.1 Å². The van der Waals surface area contributed by atoms with Crippen LogP contribution in [0.3, 0.4) is 0 Å². The molecule has 2 N–H and O–H groups in total. The lowest BCUT2D eigenvalue weighted by atomic mass is 10.3. The van der Waals surface area contributed by atoms with E-state index in [-0.39, 0.29) is 4.90 Å². The van der Waals surface area contributed by atoms with Crippen LogP contribution in [0.15, 0.2) is 15.7 Å². The van der Waals surface area contributed by atoms with Crippen LogP contribution < -0.4 is 4.72 Å². The molecule has 0 radical (unpaired) electrons. The summed E-state index contributed by atoms with van der Waals surface area (Å²) in [7, 11) is -3.57. The highest BCUT2D eigenvalue weighted by atomic mass is 32.2. The Morgan fingerprint density at radius 1 is 1.42 bits per heavy atom. The number of aromatic amines is 1. The highest BCUT2D eigenvalue weighted by Gasteiger charge is 2.23. The minimum absolute atomic E-state index is 0.118. The van der Waals surface area contributed by atoms with Gasteiger partial charge in [-0.15, -0.1) is 0 Å². The van der Waals surface area contributed by atoms with Crippen LogP contribution in [0.25, 0.3) is 0 Å². The van der Waals surface area contributed by atoms with Crippen molar-refractivity contribution in [2.24, 2.45) is 0 Å². The molecule has 0 saturated carbocycles. The van der Waals surface area contributed by atoms with Crippen molar-refractivity contribution in [3.8, 4) is 0 Å². The quantitative estimate of drug-likeness (QED) is 0.739. The smallest absolute Gasteiger partial charge is 0.245 e. The highest BCUT2D eigenvalue weighted by molar-refractivity contribution is 7.89. The van der Waals surface area contributed by atoms with Crippen LogP contribution in [0, 0.1) is 13.8 Å². The summed E-state index contributed by atoms with van der Waals surface area (Å²) in [4.78, 5) is 4.08. The Kier molecular flexibility index (Phi) is 3.96. The third-order valence-electron chi connectivity index (χ3n) is 2.58. The van der Waals surface area contributed by atoms with Crippen LogP contribution >= 0.6 is 0 Å². The summed E-state index contributed by atoms with van der Waals surface area (Å²) in [6, 6.07) is 0. The van der Waals surface area contributed by atoms with Crippen LogP contribution in [0.4, 0.5) is 0 Å². The number of hydrogen-bond donors (Lipinski definition) is 2. The third kappa shape index (κ3) is 3.18. The van der Waals surface area contributed by atoms with E-state index in [0.717, 1.165) is 5.82 Å². The Morgan fingerprint density at radius 3 is 2.79 bits per heavy atom. The molecule has 0 bridgehead atoms. The Labute approximate surface area is 110 Å². The standard InChI is InChI=1S/C10H15N5O3S/c1-7-10(8(2)18-15-7)19(16,17)13-5-3-4-9-11-6-12-14-9/h6,13H,3-5H2,1-2H3,(H,11,12,14). The van der Waals surface area contributed by atoms with Crippen LogP contribution in [-0.2, 0) is 16.4 Å². The predicted octanol–water partition coefficient (Wildman–Crippen LogP) is 0.321. The summed E-state index contributed by atoms with van der Waals surface area (Å²) >= 11 is 0. The van der Waals surface area contributed by atoms with Crippen molar-refractivity contribution in [2.75, 3.05) is 6.54 Å². The van der Waals surface area contributed by atoms with Crippen molar-refractivity contribution in [2.45, 2.75) is 31.6 Å². The molecular weight excluding hydrogens is 270 g/mol. The molecule has 0 saturated heterocycles. The first-order valence-electron chi connectivity index (χ1n) is 5.77. The molecule has 9 heteroatoms. The molecule has 0 aliphatic heterocycles. The zero-order chi connectivity index (χ0) is 13.9. The Hall–Kier alpha value is -1.74. The largest absolute Gasteiger partial charge is 0.360 e. The maximum absolute atomic E-state index is 12.0. The van der Waals surface area contributed by atoms with Gasteiger partial charge in [0.15, 0.2) is 5.76 Å². The van der Waals surface area contributed by atoms with E-state index in [0.29, 0.717) is 30.8 Å². The van der Waals surface area contributed by atoms with E-state index >= 15 is 0 Å². The number of sulfonamides is 1. The lowest BCUT2D eigenvalue weighted by Gasteiger charge is -2.05. The fraction of sp³-hybridized carbons (Fsp3) is 0.500. The maximum Gasteiger partial charge on any atom is 0.245 e. The van der Waals surface area contributed by atoms with E-state index in [1.165, 1.54) is 6.33 Å². The van der Waals surface area contributed by atoms with Gasteiger partial charge in [-0.25, -0.2) is 18.1 Å². The number of nitrogens with zero attached hydrogens (tertiary/aromatic N) is 3. The van der Waals surface area contributed by atoms with E-state index in [1.807, 2.05) is 0 Å². The average molecular weight is 285 g/mol. The maximum atomic E-state index is 12.0. The summed E-state index contributed by atoms with van der Waals surface area (Å²) in [5.41, 5.74) is 0.361. The van der Waals surface area contributed by atoms with Crippen molar-refractivity contribution >= 4 is 10.0 Å². The van der Waals surface area contributed by atoms with Crippen molar-refractivity contribution in [3.05, 3.63) is 23.6 Å². The summed E-state index contributed by atoms with van der Waals surface area (Å²) < 4.78 is 31.5. The second-order valence-electron chi connectivity index (χ2n) is 4.09. The molecule has 0 fully saturated rings. The van der Waals surface area contributed by atoms with Gasteiger partial charge in [0.1, 0.15) is 22.7 Å². The molecule has 8 nitrogen and oxygen atoms in total. The summed E-state index contributed by atoms with van der Waals surface area (Å²) in [6.07, 6.45) is 2.67. The molecule has 2 aromatic rings. The lowest BCUT2D eigenvalue weighted by molar-refractivity contribution is 0.390. The molecular formula is C10H15N5O3S. The van der Waals surface area contributed by atoms with Gasteiger partial charge >= 0.3 is 0 Å². The van der Waals surface area contributed by atoms with E-state index in [4.69, 9.17) is 4.52 Å². The first-order valence-corrected chi connectivity index (χ1v) is 7.26. The van der Waals surface area contributed by atoms with Gasteiger partial charge in [-0.2, -0.15) is 5.10 Å². The van der Waals surface area contributed by atoms with Gasteiger partial charge in [0.25, 0.3) is 0 Å². The molecule has 2 rings (SSSR count). The minimum Gasteiger partial charge on any atom is -0.360 e. The molecule has 2 heterocycles. The molecule has 19 heavy (non-hydrogen) atoms. The van der Waals surface area contributed by atoms with Gasteiger partial charge in [-0.3, -0.25) is 5.10 Å². The third-order valence-corrected chi connectivity index (χ3v) is 4.29. The second kappa shape index (κ2) is 5.49. The molecule has 0 aliphatic carbocycles. The SMILES string of the molecule is Cc1noc(C)c1S(=O)(=O)NCCCc1ncn[nH]1. The Bertz CT molecular complexity index is 613. The lowest BCUT2D eigenvalue weighted by Crippen LogP contribution is -2.26. The zero-order valence-electron chi connectivity index (χ0n) is 10.7. The molecule has 0 aromatic carbocycles. The van der Waals surface area contributed by atoms with E-state index in [9.17, 15) is 8.42 Å². The van der Waals surface area contributed by atoms with Gasteiger partial charge in [-0.05, 0) is 20.3 Å². The number of H-pyrrole nitrogens is 1. The fourth-order valence-electron chi connectivity index (χ4n) is 1.74. The van der Waals surface area contributed by atoms with Crippen LogP contribution in [0.2, 0.25) is 0 Å². The molecule has 0 unspecified atom stereocenters. The van der Waals surface area contributed by atoms with Crippen LogP contribution in [0.5, 0.6) is 0 Å². The molecule has 104 valence electrons. The zero-order valence-corrected chi connectivity index (χ0v) is 11.5. The predicted molar refractivity (Wildman–Crippen MR) is 65.9 cm³/mol.